The molecule has 1 unspecified atom stereocenters. The van der Waals surface area contributed by atoms with Gasteiger partial charge in [0.2, 0.25) is 0 Å². The fourth-order valence-corrected chi connectivity index (χ4v) is 1.86. The zero-order chi connectivity index (χ0) is 9.84. The van der Waals surface area contributed by atoms with Gasteiger partial charge in [0.1, 0.15) is 0 Å². The van der Waals surface area contributed by atoms with Crippen LogP contribution >= 0.6 is 0 Å². The molecule has 0 aromatic heterocycles. The summed E-state index contributed by atoms with van der Waals surface area (Å²) >= 11 is 0. The van der Waals surface area contributed by atoms with Gasteiger partial charge in [0, 0.05) is 6.04 Å². The first-order valence-electron chi connectivity index (χ1n) is 4.70. The Hall–Kier alpha value is -0.670. The lowest BCUT2D eigenvalue weighted by Crippen LogP contribution is -2.40. The maximum atomic E-state index is 11.9. The van der Waals surface area contributed by atoms with E-state index in [1.54, 1.807) is 6.92 Å². The summed E-state index contributed by atoms with van der Waals surface area (Å²) in [5.41, 5.74) is 0. The summed E-state index contributed by atoms with van der Waals surface area (Å²) in [6.07, 6.45) is 1.51. The summed E-state index contributed by atoms with van der Waals surface area (Å²) in [6, 6.07) is -0.107. The van der Waals surface area contributed by atoms with Crippen LogP contribution < -0.4 is 5.32 Å². The largest absolute Gasteiger partial charge is 0.348 e. The monoisotopic (exact) mass is 191 g/mol. The molecule has 1 fully saturated rings. The average Bonchev–Trinajstić information content (AvgIpc) is 2.55. The first-order valence-corrected chi connectivity index (χ1v) is 4.70. The summed E-state index contributed by atoms with van der Waals surface area (Å²) in [5.74, 6) is -0.748. The second-order valence-corrected chi connectivity index (χ2v) is 3.64. The van der Waals surface area contributed by atoms with Crippen molar-refractivity contribution in [2.24, 2.45) is 5.92 Å². The number of carbonyl (C=O) groups excluding carboxylic acids is 1. The predicted octanol–water partition coefficient (Wildman–Crippen LogP) is 1.95. The summed E-state index contributed by atoms with van der Waals surface area (Å²) in [7, 11) is 0. The van der Waals surface area contributed by atoms with Gasteiger partial charge in [-0.25, -0.2) is 0 Å². The Bertz CT molecular complexity index is 178. The smallest absolute Gasteiger partial charge is 0.315 e. The van der Waals surface area contributed by atoms with E-state index in [2.05, 4.69) is 5.32 Å². The van der Waals surface area contributed by atoms with Crippen LogP contribution in [0.15, 0.2) is 0 Å². The SMILES string of the molecule is CC(NC(=O)C(F)F)C1CCCC1. The Morgan fingerprint density at radius 1 is 1.38 bits per heavy atom. The van der Waals surface area contributed by atoms with Gasteiger partial charge in [-0.2, -0.15) is 8.78 Å². The first-order chi connectivity index (χ1) is 6.11. The van der Waals surface area contributed by atoms with Crippen LogP contribution in [0.2, 0.25) is 0 Å². The van der Waals surface area contributed by atoms with Gasteiger partial charge < -0.3 is 5.32 Å². The molecule has 76 valence electrons. The maximum Gasteiger partial charge on any atom is 0.315 e. The molecule has 4 heteroatoms. The van der Waals surface area contributed by atoms with E-state index in [0.717, 1.165) is 25.7 Å². The zero-order valence-corrected chi connectivity index (χ0v) is 7.72. The Morgan fingerprint density at radius 3 is 2.38 bits per heavy atom. The summed E-state index contributed by atoms with van der Waals surface area (Å²) in [4.78, 5) is 10.6. The topological polar surface area (TPSA) is 29.1 Å². The molecule has 1 saturated carbocycles. The molecule has 13 heavy (non-hydrogen) atoms. The van der Waals surface area contributed by atoms with Crippen molar-refractivity contribution in [1.29, 1.82) is 0 Å². The molecule has 0 aliphatic heterocycles. The lowest BCUT2D eigenvalue weighted by molar-refractivity contribution is -0.132. The van der Waals surface area contributed by atoms with E-state index in [9.17, 15) is 13.6 Å². The number of nitrogens with one attached hydrogen (secondary N) is 1. The number of halogens is 2. The number of hydrogen-bond donors (Lipinski definition) is 1. The maximum absolute atomic E-state index is 11.9. The molecule has 0 bridgehead atoms. The molecule has 0 radical (unpaired) electrons. The fraction of sp³-hybridized carbons (Fsp3) is 0.889. The van der Waals surface area contributed by atoms with Crippen molar-refractivity contribution >= 4 is 5.91 Å². The highest BCUT2D eigenvalue weighted by atomic mass is 19.3. The number of amides is 1. The minimum absolute atomic E-state index is 0.107. The van der Waals surface area contributed by atoms with Crippen LogP contribution in [0.4, 0.5) is 8.78 Å². The van der Waals surface area contributed by atoms with Crippen LogP contribution in [-0.2, 0) is 4.79 Å². The van der Waals surface area contributed by atoms with E-state index in [4.69, 9.17) is 0 Å². The van der Waals surface area contributed by atoms with E-state index in [0.29, 0.717) is 5.92 Å². The van der Waals surface area contributed by atoms with Gasteiger partial charge in [-0.1, -0.05) is 12.8 Å². The third-order valence-electron chi connectivity index (χ3n) is 2.68. The lowest BCUT2D eigenvalue weighted by atomic mass is 10.00. The highest BCUT2D eigenvalue weighted by Crippen LogP contribution is 2.27. The zero-order valence-electron chi connectivity index (χ0n) is 7.72. The molecule has 1 atom stereocenters. The summed E-state index contributed by atoms with van der Waals surface area (Å²) in [5, 5.41) is 2.33. The quantitative estimate of drug-likeness (QED) is 0.725. The molecule has 0 saturated heterocycles. The van der Waals surface area contributed by atoms with Crippen LogP contribution in [-0.4, -0.2) is 18.4 Å². The predicted molar refractivity (Wildman–Crippen MR) is 45.6 cm³/mol. The van der Waals surface area contributed by atoms with Crippen LogP contribution in [0.3, 0.4) is 0 Å². The van der Waals surface area contributed by atoms with E-state index in [1.165, 1.54) is 0 Å². The van der Waals surface area contributed by atoms with Crippen LogP contribution in [0, 0.1) is 5.92 Å². The van der Waals surface area contributed by atoms with Crippen LogP contribution in [0.25, 0.3) is 0 Å². The number of rotatable bonds is 3. The van der Waals surface area contributed by atoms with Gasteiger partial charge in [0.05, 0.1) is 0 Å². The molecule has 1 amide bonds. The van der Waals surface area contributed by atoms with E-state index < -0.39 is 12.3 Å². The van der Waals surface area contributed by atoms with Crippen molar-refractivity contribution in [2.45, 2.75) is 45.1 Å². The molecule has 1 aliphatic carbocycles. The second kappa shape index (κ2) is 4.53. The fourth-order valence-electron chi connectivity index (χ4n) is 1.86. The minimum Gasteiger partial charge on any atom is -0.348 e. The number of alkyl halides is 2. The van der Waals surface area contributed by atoms with Crippen molar-refractivity contribution in [3.8, 4) is 0 Å². The molecular formula is C9H15F2NO. The van der Waals surface area contributed by atoms with Crippen LogP contribution in [0.1, 0.15) is 32.6 Å². The summed E-state index contributed by atoms with van der Waals surface area (Å²) in [6.45, 7) is 1.80. The van der Waals surface area contributed by atoms with Gasteiger partial charge in [-0.15, -0.1) is 0 Å². The van der Waals surface area contributed by atoms with Crippen LogP contribution in [0.5, 0.6) is 0 Å². The molecule has 1 N–H and O–H groups in total. The van der Waals surface area contributed by atoms with Crippen molar-refractivity contribution in [2.75, 3.05) is 0 Å². The Balaban J connectivity index is 2.31. The van der Waals surface area contributed by atoms with Gasteiger partial charge in [-0.05, 0) is 25.7 Å². The van der Waals surface area contributed by atoms with E-state index >= 15 is 0 Å². The molecule has 1 aliphatic rings. The standard InChI is InChI=1S/C9H15F2NO/c1-6(7-4-2-3-5-7)12-9(13)8(10)11/h6-8H,2-5H2,1H3,(H,12,13). The Labute approximate surface area is 76.7 Å². The third kappa shape index (κ3) is 2.94. The molecule has 0 aromatic carbocycles. The van der Waals surface area contributed by atoms with Crippen molar-refractivity contribution in [1.82, 2.24) is 5.32 Å². The van der Waals surface area contributed by atoms with Gasteiger partial charge in [-0.3, -0.25) is 4.79 Å². The van der Waals surface area contributed by atoms with E-state index in [-0.39, 0.29) is 6.04 Å². The molecule has 2 nitrogen and oxygen atoms in total. The Morgan fingerprint density at radius 2 is 1.92 bits per heavy atom. The first kappa shape index (κ1) is 10.4. The van der Waals surface area contributed by atoms with Crippen molar-refractivity contribution in [3.05, 3.63) is 0 Å². The normalized spacial score (nSPS) is 20.6. The minimum atomic E-state index is -2.89. The number of carbonyl (C=O) groups is 1. The molecular weight excluding hydrogens is 176 g/mol. The molecule has 0 aromatic rings. The van der Waals surface area contributed by atoms with Crippen molar-refractivity contribution in [3.63, 3.8) is 0 Å². The third-order valence-corrected chi connectivity index (χ3v) is 2.68. The number of hydrogen-bond acceptors (Lipinski definition) is 1. The molecule has 0 heterocycles. The van der Waals surface area contributed by atoms with Gasteiger partial charge in [0.25, 0.3) is 5.91 Å². The van der Waals surface area contributed by atoms with Gasteiger partial charge >= 0.3 is 6.43 Å². The summed E-state index contributed by atoms with van der Waals surface area (Å²) < 4.78 is 23.7. The molecule has 1 rings (SSSR count). The Kier molecular flexibility index (Phi) is 3.63. The van der Waals surface area contributed by atoms with Gasteiger partial charge in [0.15, 0.2) is 0 Å². The highest BCUT2D eigenvalue weighted by Gasteiger charge is 2.25. The average molecular weight is 191 g/mol. The van der Waals surface area contributed by atoms with E-state index in [1.807, 2.05) is 0 Å². The highest BCUT2D eigenvalue weighted by molar-refractivity contribution is 5.79. The molecule has 0 spiro atoms. The lowest BCUT2D eigenvalue weighted by Gasteiger charge is -2.19. The van der Waals surface area contributed by atoms with Crippen molar-refractivity contribution < 1.29 is 13.6 Å². The second-order valence-electron chi connectivity index (χ2n) is 3.64.